The number of sulfonamides is 1. The Balaban J connectivity index is 1.55. The number of rotatable bonds is 8. The molecule has 33 heavy (non-hydrogen) atoms. The summed E-state index contributed by atoms with van der Waals surface area (Å²) in [5.74, 6) is 1.06. The first-order chi connectivity index (χ1) is 15.9. The Morgan fingerprint density at radius 2 is 1.67 bits per heavy atom. The molecule has 0 atom stereocenters. The Morgan fingerprint density at radius 1 is 0.970 bits per heavy atom. The Morgan fingerprint density at radius 3 is 2.36 bits per heavy atom. The van der Waals surface area contributed by atoms with Crippen molar-refractivity contribution >= 4 is 44.6 Å². The maximum atomic E-state index is 11.9. The van der Waals surface area contributed by atoms with Crippen molar-refractivity contribution in [3.05, 3.63) is 65.4 Å². The van der Waals surface area contributed by atoms with Crippen LogP contribution >= 0.6 is 11.6 Å². The van der Waals surface area contributed by atoms with Gasteiger partial charge in [0.25, 0.3) is 0 Å². The highest BCUT2D eigenvalue weighted by Crippen LogP contribution is 2.28. The van der Waals surface area contributed by atoms with E-state index in [0.717, 1.165) is 24.1 Å². The Kier molecular flexibility index (Phi) is 7.44. The molecule has 0 radical (unpaired) electrons. The normalized spacial score (nSPS) is 14.7. The molecule has 1 aromatic heterocycles. The molecule has 0 saturated heterocycles. The van der Waals surface area contributed by atoms with Crippen LogP contribution in [0, 0.1) is 0 Å². The predicted molar refractivity (Wildman–Crippen MR) is 130 cm³/mol. The molecule has 10 heteroatoms. The molecule has 4 N–H and O–H groups in total. The van der Waals surface area contributed by atoms with E-state index < -0.39 is 10.0 Å². The van der Waals surface area contributed by atoms with Crippen molar-refractivity contribution in [3.8, 4) is 0 Å². The van der Waals surface area contributed by atoms with Gasteiger partial charge in [-0.05, 0) is 49.2 Å². The van der Waals surface area contributed by atoms with Crippen molar-refractivity contribution < 1.29 is 13.2 Å². The van der Waals surface area contributed by atoms with Gasteiger partial charge < -0.3 is 15.4 Å². The average Bonchev–Trinajstić information content (AvgIpc) is 2.80. The molecule has 0 aliphatic heterocycles. The molecule has 1 fully saturated rings. The number of halogens is 1. The van der Waals surface area contributed by atoms with Gasteiger partial charge in [-0.25, -0.2) is 23.5 Å². The minimum Gasteiger partial charge on any atom is -0.373 e. The van der Waals surface area contributed by atoms with Crippen LogP contribution in [0.25, 0.3) is 0 Å². The van der Waals surface area contributed by atoms with E-state index in [4.69, 9.17) is 21.5 Å². The summed E-state index contributed by atoms with van der Waals surface area (Å²) in [5.41, 5.74) is 2.20. The maximum Gasteiger partial charge on any atom is 0.238 e. The van der Waals surface area contributed by atoms with Crippen LogP contribution in [0.1, 0.15) is 37.7 Å². The van der Waals surface area contributed by atoms with Crippen LogP contribution in [0.3, 0.4) is 0 Å². The van der Waals surface area contributed by atoms with Gasteiger partial charge in [0.05, 0.1) is 17.6 Å². The molecule has 3 aromatic rings. The van der Waals surface area contributed by atoms with Crippen molar-refractivity contribution in [2.24, 2.45) is 5.14 Å². The van der Waals surface area contributed by atoms with Gasteiger partial charge in [0.15, 0.2) is 0 Å². The molecular formula is C23H26ClN5O3S. The average molecular weight is 488 g/mol. The third kappa shape index (κ3) is 6.64. The fraction of sp³-hybridized carbons (Fsp3) is 0.304. The Labute approximate surface area is 198 Å². The first kappa shape index (κ1) is 23.4. The minimum absolute atomic E-state index is 0.0139. The quantitative estimate of drug-likeness (QED) is 0.403. The van der Waals surface area contributed by atoms with Crippen molar-refractivity contribution in [1.82, 2.24) is 9.97 Å². The van der Waals surface area contributed by atoms with E-state index in [1.54, 1.807) is 24.3 Å². The summed E-state index contributed by atoms with van der Waals surface area (Å²) in [4.78, 5) is 8.52. The lowest BCUT2D eigenvalue weighted by Crippen LogP contribution is -2.17. The third-order valence-electron chi connectivity index (χ3n) is 5.48. The molecule has 1 aliphatic rings. The highest BCUT2D eigenvalue weighted by Gasteiger charge is 2.17. The molecular weight excluding hydrogens is 462 g/mol. The van der Waals surface area contributed by atoms with Crippen molar-refractivity contribution in [2.75, 3.05) is 10.6 Å². The van der Waals surface area contributed by atoms with Gasteiger partial charge in [0.1, 0.15) is 18.0 Å². The standard InChI is InChI=1S/C23H26ClN5O3S/c24-17-7-9-18(10-8-17)28-22-13-23(27-15-26-22)29-21-12-20(33(25,30)31)11-6-16(21)14-32-19-4-2-1-3-5-19/h6-13,15,19H,1-5,14H2,(H2,25,30,31)(H2,26,27,28,29). The van der Waals surface area contributed by atoms with Gasteiger partial charge >= 0.3 is 0 Å². The smallest absolute Gasteiger partial charge is 0.238 e. The molecule has 0 spiro atoms. The summed E-state index contributed by atoms with van der Waals surface area (Å²) in [6.45, 7) is 0.360. The summed E-state index contributed by atoms with van der Waals surface area (Å²) in [5, 5.41) is 12.4. The van der Waals surface area contributed by atoms with E-state index in [1.807, 2.05) is 12.1 Å². The zero-order valence-electron chi connectivity index (χ0n) is 18.0. The summed E-state index contributed by atoms with van der Waals surface area (Å²) in [6.07, 6.45) is 7.32. The fourth-order valence-corrected chi connectivity index (χ4v) is 4.39. The summed E-state index contributed by atoms with van der Waals surface area (Å²) in [7, 11) is -3.86. The van der Waals surface area contributed by atoms with E-state index >= 15 is 0 Å². The van der Waals surface area contributed by atoms with Crippen LogP contribution in [-0.4, -0.2) is 24.5 Å². The molecule has 0 unspecified atom stereocenters. The largest absolute Gasteiger partial charge is 0.373 e. The minimum atomic E-state index is -3.86. The van der Waals surface area contributed by atoms with Crippen LogP contribution in [-0.2, 0) is 21.4 Å². The molecule has 8 nitrogen and oxygen atoms in total. The van der Waals surface area contributed by atoms with E-state index in [1.165, 1.54) is 37.7 Å². The van der Waals surface area contributed by atoms with Crippen LogP contribution in [0.15, 0.2) is 59.8 Å². The molecule has 0 bridgehead atoms. The first-order valence-corrected chi connectivity index (χ1v) is 12.7. The predicted octanol–water partition coefficient (Wildman–Crippen LogP) is 5.11. The van der Waals surface area contributed by atoms with Gasteiger partial charge in [-0.1, -0.05) is 36.9 Å². The number of anilines is 4. The number of hydrogen-bond acceptors (Lipinski definition) is 7. The fourth-order valence-electron chi connectivity index (χ4n) is 3.73. The molecule has 4 rings (SSSR count). The van der Waals surface area contributed by atoms with Crippen LogP contribution in [0.4, 0.5) is 23.0 Å². The Bertz CT molecular complexity index is 1200. The number of aromatic nitrogens is 2. The highest BCUT2D eigenvalue weighted by molar-refractivity contribution is 7.89. The van der Waals surface area contributed by atoms with E-state index in [0.29, 0.717) is 29.0 Å². The number of nitrogens with two attached hydrogens (primary N) is 1. The number of benzene rings is 2. The number of ether oxygens (including phenoxy) is 1. The number of hydrogen-bond donors (Lipinski definition) is 3. The van der Waals surface area contributed by atoms with Crippen LogP contribution in [0.2, 0.25) is 5.02 Å². The van der Waals surface area contributed by atoms with Gasteiger partial charge in [-0.15, -0.1) is 0 Å². The highest BCUT2D eigenvalue weighted by atomic mass is 35.5. The second-order valence-electron chi connectivity index (χ2n) is 7.98. The lowest BCUT2D eigenvalue weighted by molar-refractivity contribution is 0.0171. The second-order valence-corrected chi connectivity index (χ2v) is 9.98. The monoisotopic (exact) mass is 487 g/mol. The zero-order valence-corrected chi connectivity index (χ0v) is 19.6. The van der Waals surface area contributed by atoms with Crippen molar-refractivity contribution in [2.45, 2.75) is 49.7 Å². The van der Waals surface area contributed by atoms with E-state index in [2.05, 4.69) is 20.6 Å². The Hall–Kier alpha value is -2.72. The van der Waals surface area contributed by atoms with Crippen LogP contribution < -0.4 is 15.8 Å². The second kappa shape index (κ2) is 10.5. The van der Waals surface area contributed by atoms with Gasteiger partial charge in [-0.3, -0.25) is 0 Å². The SMILES string of the molecule is NS(=O)(=O)c1ccc(COC2CCCCC2)c(Nc2cc(Nc3ccc(Cl)cc3)ncn2)c1. The first-order valence-electron chi connectivity index (χ1n) is 10.8. The van der Waals surface area contributed by atoms with E-state index in [9.17, 15) is 8.42 Å². The molecule has 1 saturated carbocycles. The lowest BCUT2D eigenvalue weighted by Gasteiger charge is -2.23. The maximum absolute atomic E-state index is 11.9. The lowest BCUT2D eigenvalue weighted by atomic mass is 9.98. The number of nitrogens with one attached hydrogen (secondary N) is 2. The number of primary sulfonamides is 1. The van der Waals surface area contributed by atoms with Gasteiger partial charge in [-0.2, -0.15) is 0 Å². The van der Waals surface area contributed by atoms with Crippen molar-refractivity contribution in [1.29, 1.82) is 0 Å². The van der Waals surface area contributed by atoms with Crippen LogP contribution in [0.5, 0.6) is 0 Å². The molecule has 1 heterocycles. The van der Waals surface area contributed by atoms with E-state index in [-0.39, 0.29) is 11.0 Å². The van der Waals surface area contributed by atoms with Gasteiger partial charge in [0.2, 0.25) is 10.0 Å². The third-order valence-corrected chi connectivity index (χ3v) is 6.65. The summed E-state index contributed by atoms with van der Waals surface area (Å²) in [6, 6.07) is 13.7. The summed E-state index contributed by atoms with van der Waals surface area (Å²) >= 11 is 5.94. The topological polar surface area (TPSA) is 119 Å². The van der Waals surface area contributed by atoms with Gasteiger partial charge in [0, 0.05) is 28.0 Å². The van der Waals surface area contributed by atoms with Crippen molar-refractivity contribution in [3.63, 3.8) is 0 Å². The molecule has 174 valence electrons. The summed E-state index contributed by atoms with van der Waals surface area (Å²) < 4.78 is 29.9. The molecule has 1 aliphatic carbocycles. The molecule has 0 amide bonds. The molecule has 2 aromatic carbocycles. The zero-order chi connectivity index (χ0) is 23.3. The number of nitrogens with zero attached hydrogens (tertiary/aromatic N) is 2.